The number of fused-ring (bicyclic) bond motifs is 1. The molecule has 1 aliphatic rings. The van der Waals surface area contributed by atoms with E-state index < -0.39 is 6.10 Å². The SMILES string of the molecule is COc1cc2c(nn1)CCN(C[C@H](O)COCc1ccccc1F)C2. The molecule has 1 aliphatic heterocycles. The molecular weight excluding hydrogens is 325 g/mol. The predicted octanol–water partition coefficient (Wildman–Crippen LogP) is 1.56. The quantitative estimate of drug-likeness (QED) is 0.820. The van der Waals surface area contributed by atoms with Gasteiger partial charge in [0.25, 0.3) is 0 Å². The first-order chi connectivity index (χ1) is 12.2. The van der Waals surface area contributed by atoms with E-state index in [0.717, 1.165) is 24.2 Å². The van der Waals surface area contributed by atoms with Gasteiger partial charge in [0.05, 0.1) is 32.1 Å². The van der Waals surface area contributed by atoms with E-state index in [9.17, 15) is 9.50 Å². The molecule has 0 aliphatic carbocycles. The molecule has 0 saturated carbocycles. The Bertz CT molecular complexity index is 714. The van der Waals surface area contributed by atoms with Gasteiger partial charge >= 0.3 is 0 Å². The second kappa shape index (κ2) is 8.33. The molecule has 0 amide bonds. The molecular formula is C18H22FN3O3. The van der Waals surface area contributed by atoms with Crippen molar-refractivity contribution in [1.29, 1.82) is 0 Å². The topological polar surface area (TPSA) is 67.7 Å². The number of methoxy groups -OCH3 is 1. The molecule has 0 spiro atoms. The summed E-state index contributed by atoms with van der Waals surface area (Å²) in [6, 6.07) is 8.37. The third-order valence-electron chi connectivity index (χ3n) is 4.20. The molecule has 2 heterocycles. The maximum Gasteiger partial charge on any atom is 0.233 e. The Morgan fingerprint density at radius 1 is 1.32 bits per heavy atom. The summed E-state index contributed by atoms with van der Waals surface area (Å²) in [5.41, 5.74) is 2.53. The van der Waals surface area contributed by atoms with E-state index in [1.54, 1.807) is 25.3 Å². The molecule has 1 aromatic heterocycles. The molecule has 6 nitrogen and oxygen atoms in total. The zero-order valence-corrected chi connectivity index (χ0v) is 14.2. The van der Waals surface area contributed by atoms with E-state index in [1.807, 2.05) is 6.07 Å². The van der Waals surface area contributed by atoms with Gasteiger partial charge in [-0.3, -0.25) is 4.90 Å². The molecule has 0 saturated heterocycles. The van der Waals surface area contributed by atoms with Crippen LogP contribution in [0.15, 0.2) is 30.3 Å². The fourth-order valence-corrected chi connectivity index (χ4v) is 2.89. The third kappa shape index (κ3) is 4.72. The highest BCUT2D eigenvalue weighted by Crippen LogP contribution is 2.19. The lowest BCUT2D eigenvalue weighted by Crippen LogP contribution is -2.38. The Morgan fingerprint density at radius 2 is 2.16 bits per heavy atom. The average Bonchev–Trinajstić information content (AvgIpc) is 2.62. The number of hydrogen-bond acceptors (Lipinski definition) is 6. The Hall–Kier alpha value is -2.09. The van der Waals surface area contributed by atoms with Gasteiger partial charge in [0.2, 0.25) is 5.88 Å². The Morgan fingerprint density at radius 3 is 2.96 bits per heavy atom. The van der Waals surface area contributed by atoms with Crippen molar-refractivity contribution < 1.29 is 19.0 Å². The molecule has 1 atom stereocenters. The van der Waals surface area contributed by atoms with Crippen LogP contribution in [0.3, 0.4) is 0 Å². The molecule has 0 unspecified atom stereocenters. The van der Waals surface area contributed by atoms with Crippen LogP contribution in [0.2, 0.25) is 0 Å². The van der Waals surface area contributed by atoms with Crippen molar-refractivity contribution in [3.05, 3.63) is 53.0 Å². The summed E-state index contributed by atoms with van der Waals surface area (Å²) in [6.45, 7) is 2.29. The molecule has 1 N–H and O–H groups in total. The average molecular weight is 347 g/mol. The Kier molecular flexibility index (Phi) is 5.91. The minimum atomic E-state index is -0.634. The van der Waals surface area contributed by atoms with E-state index >= 15 is 0 Å². The van der Waals surface area contributed by atoms with Crippen LogP contribution >= 0.6 is 0 Å². The maximum atomic E-state index is 13.5. The number of nitrogens with zero attached hydrogens (tertiary/aromatic N) is 3. The number of ether oxygens (including phenoxy) is 2. The number of aliphatic hydroxyl groups is 1. The standard InChI is InChI=1S/C18H22FN3O3/c1-24-18-8-14-9-22(7-6-17(14)20-21-18)10-15(23)12-25-11-13-4-2-3-5-16(13)19/h2-5,8,15,23H,6-7,9-12H2,1H3/t15-/m0/s1. The molecule has 7 heteroatoms. The van der Waals surface area contributed by atoms with E-state index in [0.29, 0.717) is 24.5 Å². The van der Waals surface area contributed by atoms with Crippen molar-refractivity contribution in [3.63, 3.8) is 0 Å². The highest BCUT2D eigenvalue weighted by Gasteiger charge is 2.21. The van der Waals surface area contributed by atoms with Crippen LogP contribution in [0.25, 0.3) is 0 Å². The minimum absolute atomic E-state index is 0.152. The lowest BCUT2D eigenvalue weighted by Gasteiger charge is -2.29. The summed E-state index contributed by atoms with van der Waals surface area (Å²) < 4.78 is 24.1. The number of rotatable bonds is 7. The van der Waals surface area contributed by atoms with Gasteiger partial charge in [-0.25, -0.2) is 4.39 Å². The summed E-state index contributed by atoms with van der Waals surface area (Å²) in [4.78, 5) is 2.14. The van der Waals surface area contributed by atoms with Crippen molar-refractivity contribution in [3.8, 4) is 5.88 Å². The first-order valence-corrected chi connectivity index (χ1v) is 8.26. The maximum absolute atomic E-state index is 13.5. The van der Waals surface area contributed by atoms with Crippen LogP contribution < -0.4 is 4.74 Å². The second-order valence-electron chi connectivity index (χ2n) is 6.10. The van der Waals surface area contributed by atoms with Gasteiger partial charge in [-0.1, -0.05) is 18.2 Å². The van der Waals surface area contributed by atoms with Crippen LogP contribution in [0, 0.1) is 5.82 Å². The number of aliphatic hydroxyl groups excluding tert-OH is 1. The van der Waals surface area contributed by atoms with E-state index in [4.69, 9.17) is 9.47 Å². The van der Waals surface area contributed by atoms with Crippen LogP contribution in [-0.2, 0) is 24.3 Å². The van der Waals surface area contributed by atoms with E-state index in [-0.39, 0.29) is 19.0 Å². The number of benzene rings is 1. The monoisotopic (exact) mass is 347 g/mol. The third-order valence-corrected chi connectivity index (χ3v) is 4.20. The van der Waals surface area contributed by atoms with Crippen LogP contribution in [0.4, 0.5) is 4.39 Å². The summed E-state index contributed by atoms with van der Waals surface area (Å²) in [5.74, 6) is 0.203. The smallest absolute Gasteiger partial charge is 0.233 e. The molecule has 25 heavy (non-hydrogen) atoms. The molecule has 134 valence electrons. The largest absolute Gasteiger partial charge is 0.480 e. The Labute approximate surface area is 146 Å². The van der Waals surface area contributed by atoms with Crippen molar-refractivity contribution >= 4 is 0 Å². The molecule has 0 bridgehead atoms. The van der Waals surface area contributed by atoms with Crippen LogP contribution in [-0.4, -0.2) is 53.1 Å². The number of halogens is 1. The lowest BCUT2D eigenvalue weighted by atomic mass is 10.1. The summed E-state index contributed by atoms with van der Waals surface area (Å²) >= 11 is 0. The second-order valence-corrected chi connectivity index (χ2v) is 6.10. The van der Waals surface area contributed by atoms with Gasteiger partial charge < -0.3 is 14.6 Å². The summed E-state index contributed by atoms with van der Waals surface area (Å²) in [6.07, 6.45) is 0.153. The van der Waals surface area contributed by atoms with Gasteiger partial charge in [0, 0.05) is 37.7 Å². The lowest BCUT2D eigenvalue weighted by molar-refractivity contribution is 0.00686. The molecule has 3 rings (SSSR count). The molecule has 1 aromatic carbocycles. The van der Waals surface area contributed by atoms with E-state index in [2.05, 4.69) is 15.1 Å². The van der Waals surface area contributed by atoms with Gasteiger partial charge in [-0.15, -0.1) is 5.10 Å². The van der Waals surface area contributed by atoms with Crippen molar-refractivity contribution in [2.75, 3.05) is 26.8 Å². The first kappa shape index (κ1) is 17.7. The number of aromatic nitrogens is 2. The predicted molar refractivity (Wildman–Crippen MR) is 89.6 cm³/mol. The van der Waals surface area contributed by atoms with Gasteiger partial charge in [-0.2, -0.15) is 5.10 Å². The highest BCUT2D eigenvalue weighted by atomic mass is 19.1. The van der Waals surface area contributed by atoms with E-state index in [1.165, 1.54) is 6.07 Å². The fraction of sp³-hybridized carbons (Fsp3) is 0.444. The fourth-order valence-electron chi connectivity index (χ4n) is 2.89. The molecule has 2 aromatic rings. The zero-order chi connectivity index (χ0) is 17.6. The minimum Gasteiger partial charge on any atom is -0.480 e. The highest BCUT2D eigenvalue weighted by molar-refractivity contribution is 5.26. The van der Waals surface area contributed by atoms with Crippen LogP contribution in [0.1, 0.15) is 16.8 Å². The number of β-amino-alcohol motifs (C(OH)–C–C–N with tert-alkyl or cyclic N) is 1. The van der Waals surface area contributed by atoms with Gasteiger partial charge in [0.1, 0.15) is 5.82 Å². The van der Waals surface area contributed by atoms with Gasteiger partial charge in [-0.05, 0) is 11.6 Å². The normalized spacial score (nSPS) is 15.6. The number of hydrogen-bond donors (Lipinski definition) is 1. The van der Waals surface area contributed by atoms with Crippen molar-refractivity contribution in [2.45, 2.75) is 25.7 Å². The zero-order valence-electron chi connectivity index (χ0n) is 14.2. The summed E-state index contributed by atoms with van der Waals surface area (Å²) in [5, 5.41) is 18.3. The first-order valence-electron chi connectivity index (χ1n) is 8.26. The van der Waals surface area contributed by atoms with Crippen molar-refractivity contribution in [2.24, 2.45) is 0 Å². The van der Waals surface area contributed by atoms with Crippen molar-refractivity contribution in [1.82, 2.24) is 15.1 Å². The molecule has 0 fully saturated rings. The van der Waals surface area contributed by atoms with Crippen LogP contribution in [0.5, 0.6) is 5.88 Å². The van der Waals surface area contributed by atoms with Gasteiger partial charge in [0.15, 0.2) is 0 Å². The summed E-state index contributed by atoms with van der Waals surface area (Å²) in [7, 11) is 1.56. The Balaban J connectivity index is 1.47. The molecule has 0 radical (unpaired) electrons.